The average Bonchev–Trinajstić information content (AvgIpc) is 2.55. The van der Waals surface area contributed by atoms with E-state index < -0.39 is 46.7 Å². The van der Waals surface area contributed by atoms with Crippen molar-refractivity contribution in [2.75, 3.05) is 7.11 Å². The van der Waals surface area contributed by atoms with Gasteiger partial charge in [-0.05, 0) is 6.07 Å². The van der Waals surface area contributed by atoms with Crippen LogP contribution in [0.3, 0.4) is 0 Å². The molecule has 0 atom stereocenters. The SMILES string of the molecule is CC(=O)O.CC(=O)O.CC(=O)O.COc1cc(O)c2c(c1)C(O)=C(O)C(=O)C2=O. The number of carbonyl (C=O) groups is 5. The van der Waals surface area contributed by atoms with E-state index in [1.54, 1.807) is 0 Å². The van der Waals surface area contributed by atoms with Crippen LogP contribution >= 0.6 is 0 Å². The highest BCUT2D eigenvalue weighted by molar-refractivity contribution is 6.52. The van der Waals surface area contributed by atoms with E-state index in [1.165, 1.54) is 13.2 Å². The number of ketones is 2. The summed E-state index contributed by atoms with van der Waals surface area (Å²) in [5.74, 6) is -6.92. The molecule has 6 N–H and O–H groups in total. The van der Waals surface area contributed by atoms with E-state index in [0.29, 0.717) is 0 Å². The number of hydrogen-bond acceptors (Lipinski definition) is 9. The molecule has 1 aliphatic carbocycles. The fourth-order valence-corrected chi connectivity index (χ4v) is 1.60. The van der Waals surface area contributed by atoms with Gasteiger partial charge in [0.2, 0.25) is 11.5 Å². The molecular weight excluding hydrogens is 396 g/mol. The van der Waals surface area contributed by atoms with Gasteiger partial charge in [-0.15, -0.1) is 0 Å². The lowest BCUT2D eigenvalue weighted by Gasteiger charge is -2.16. The zero-order chi connectivity index (χ0) is 23.5. The van der Waals surface area contributed by atoms with Crippen LogP contribution in [0, 0.1) is 0 Å². The molecule has 0 aliphatic heterocycles. The van der Waals surface area contributed by atoms with Gasteiger partial charge in [-0.25, -0.2) is 0 Å². The number of hydrogen-bond donors (Lipinski definition) is 6. The van der Waals surface area contributed by atoms with Crippen molar-refractivity contribution in [2.24, 2.45) is 0 Å². The molecule has 12 heteroatoms. The summed E-state index contributed by atoms with van der Waals surface area (Å²) in [5, 5.41) is 50.6. The first kappa shape index (κ1) is 27.1. The number of allylic oxidation sites excluding steroid dienone is 1. The number of phenols is 1. The Kier molecular flexibility index (Phi) is 11.5. The largest absolute Gasteiger partial charge is 0.507 e. The summed E-state index contributed by atoms with van der Waals surface area (Å²) >= 11 is 0. The summed E-state index contributed by atoms with van der Waals surface area (Å²) in [7, 11) is 1.33. The van der Waals surface area contributed by atoms with Crippen LogP contribution in [0.15, 0.2) is 17.9 Å². The molecule has 0 unspecified atom stereocenters. The first-order valence-electron chi connectivity index (χ1n) is 7.38. The Hall–Kier alpha value is -4.09. The number of methoxy groups -OCH3 is 1. The second kappa shape index (κ2) is 12.3. The molecular formula is C17H20O12. The van der Waals surface area contributed by atoms with Crippen LogP contribution in [0.25, 0.3) is 5.76 Å². The second-order valence-corrected chi connectivity index (χ2v) is 4.98. The molecule has 0 amide bonds. The van der Waals surface area contributed by atoms with Crippen LogP contribution in [0.1, 0.15) is 36.7 Å². The summed E-state index contributed by atoms with van der Waals surface area (Å²) < 4.78 is 4.84. The Morgan fingerprint density at radius 2 is 1.14 bits per heavy atom. The van der Waals surface area contributed by atoms with Crippen molar-refractivity contribution in [1.82, 2.24) is 0 Å². The highest BCUT2D eigenvalue weighted by Gasteiger charge is 2.35. The molecule has 0 aromatic heterocycles. The fourth-order valence-electron chi connectivity index (χ4n) is 1.60. The van der Waals surface area contributed by atoms with E-state index in [9.17, 15) is 24.9 Å². The normalized spacial score (nSPS) is 11.3. The highest BCUT2D eigenvalue weighted by Crippen LogP contribution is 2.35. The topological polar surface area (TPSA) is 216 Å². The molecule has 0 bridgehead atoms. The van der Waals surface area contributed by atoms with Gasteiger partial charge < -0.3 is 35.4 Å². The third kappa shape index (κ3) is 9.98. The number of carbonyl (C=O) groups excluding carboxylic acids is 2. The maximum absolute atomic E-state index is 11.5. The monoisotopic (exact) mass is 416 g/mol. The minimum absolute atomic E-state index is 0.135. The average molecular weight is 416 g/mol. The Balaban J connectivity index is 0. The summed E-state index contributed by atoms with van der Waals surface area (Å²) in [4.78, 5) is 49.8. The lowest BCUT2D eigenvalue weighted by atomic mass is 9.91. The van der Waals surface area contributed by atoms with Crippen LogP contribution in [0.4, 0.5) is 0 Å². The number of fused-ring (bicyclic) bond motifs is 1. The van der Waals surface area contributed by atoms with Crippen LogP contribution < -0.4 is 4.74 Å². The number of ether oxygens (including phenoxy) is 1. The van der Waals surface area contributed by atoms with Crippen LogP contribution in [-0.4, -0.2) is 67.2 Å². The number of Topliss-reactive ketones (excluding diaryl/α,β-unsaturated/α-hetero) is 2. The van der Waals surface area contributed by atoms with Gasteiger partial charge in [-0.3, -0.25) is 24.0 Å². The van der Waals surface area contributed by atoms with Crippen LogP contribution in [0.5, 0.6) is 11.5 Å². The summed E-state index contributed by atoms with van der Waals surface area (Å²) in [6.07, 6.45) is 0. The van der Waals surface area contributed by atoms with E-state index in [1.807, 2.05) is 0 Å². The molecule has 12 nitrogen and oxygen atoms in total. The molecule has 0 saturated heterocycles. The third-order valence-corrected chi connectivity index (χ3v) is 2.45. The quantitative estimate of drug-likeness (QED) is 0.356. The van der Waals surface area contributed by atoms with Crippen molar-refractivity contribution in [3.63, 3.8) is 0 Å². The summed E-state index contributed by atoms with van der Waals surface area (Å²) in [6.45, 7) is 3.25. The zero-order valence-electron chi connectivity index (χ0n) is 15.8. The summed E-state index contributed by atoms with van der Waals surface area (Å²) in [5.41, 5.74) is -0.477. The van der Waals surface area contributed by atoms with Crippen molar-refractivity contribution in [1.29, 1.82) is 0 Å². The molecule has 29 heavy (non-hydrogen) atoms. The van der Waals surface area contributed by atoms with Crippen molar-refractivity contribution in [3.05, 3.63) is 29.0 Å². The smallest absolute Gasteiger partial charge is 0.300 e. The van der Waals surface area contributed by atoms with Crippen molar-refractivity contribution in [3.8, 4) is 11.5 Å². The third-order valence-electron chi connectivity index (χ3n) is 2.45. The number of aliphatic hydroxyl groups is 2. The molecule has 0 spiro atoms. The van der Waals surface area contributed by atoms with Gasteiger partial charge in [-0.2, -0.15) is 0 Å². The van der Waals surface area contributed by atoms with E-state index >= 15 is 0 Å². The van der Waals surface area contributed by atoms with E-state index in [0.717, 1.165) is 26.8 Å². The molecule has 0 radical (unpaired) electrons. The molecule has 1 aliphatic rings. The van der Waals surface area contributed by atoms with Crippen molar-refractivity contribution >= 4 is 35.2 Å². The van der Waals surface area contributed by atoms with Gasteiger partial charge in [0.05, 0.1) is 12.7 Å². The number of phenolic OH excluding ortho intramolecular Hbond substituents is 1. The number of rotatable bonds is 1. The van der Waals surface area contributed by atoms with Gasteiger partial charge in [0.1, 0.15) is 11.5 Å². The number of aliphatic carboxylic acids is 3. The van der Waals surface area contributed by atoms with Gasteiger partial charge in [-0.1, -0.05) is 0 Å². The number of benzene rings is 1. The molecule has 2 rings (SSSR count). The van der Waals surface area contributed by atoms with Gasteiger partial charge in [0.15, 0.2) is 5.76 Å². The Morgan fingerprint density at radius 3 is 1.48 bits per heavy atom. The van der Waals surface area contributed by atoms with Gasteiger partial charge in [0.25, 0.3) is 23.7 Å². The predicted octanol–water partition coefficient (Wildman–Crippen LogP) is 1.22. The van der Waals surface area contributed by atoms with Crippen LogP contribution in [0.2, 0.25) is 0 Å². The van der Waals surface area contributed by atoms with Crippen LogP contribution in [-0.2, 0) is 19.2 Å². The standard InChI is InChI=1S/C11H8O6.3C2H4O2/c1-17-4-2-5-7(6(12)3-4)9(14)11(16)10(15)8(5)13;3*1-2(3)4/h2-3,12-13,15H,1H3;3*1H3,(H,3,4). The van der Waals surface area contributed by atoms with Crippen molar-refractivity contribution in [2.45, 2.75) is 20.8 Å². The molecule has 160 valence electrons. The minimum Gasteiger partial charge on any atom is -0.507 e. The first-order valence-corrected chi connectivity index (χ1v) is 7.38. The molecule has 0 saturated carbocycles. The Morgan fingerprint density at radius 1 is 0.759 bits per heavy atom. The molecule has 0 fully saturated rings. The fraction of sp³-hybridized carbons (Fsp3) is 0.235. The van der Waals surface area contributed by atoms with E-state index in [4.69, 9.17) is 34.4 Å². The number of carboxylic acids is 3. The number of carboxylic acid groups (broad SMARTS) is 3. The number of aliphatic hydroxyl groups excluding tert-OH is 2. The maximum atomic E-state index is 11.5. The Labute approximate surface area is 163 Å². The summed E-state index contributed by atoms with van der Waals surface area (Å²) in [6, 6.07) is 2.38. The van der Waals surface area contributed by atoms with Gasteiger partial charge >= 0.3 is 0 Å². The molecule has 1 aromatic carbocycles. The zero-order valence-corrected chi connectivity index (χ0v) is 15.8. The van der Waals surface area contributed by atoms with Gasteiger partial charge in [0, 0.05) is 32.4 Å². The Bertz CT molecular complexity index is 795. The van der Waals surface area contributed by atoms with E-state index in [-0.39, 0.29) is 16.9 Å². The highest BCUT2D eigenvalue weighted by atomic mass is 16.5. The lowest BCUT2D eigenvalue weighted by Crippen LogP contribution is -2.24. The first-order chi connectivity index (χ1) is 13.2. The molecule has 0 heterocycles. The van der Waals surface area contributed by atoms with E-state index in [2.05, 4.69) is 0 Å². The maximum Gasteiger partial charge on any atom is 0.300 e. The molecule has 1 aromatic rings. The lowest BCUT2D eigenvalue weighted by molar-refractivity contribution is -0.135. The predicted molar refractivity (Wildman–Crippen MR) is 96.1 cm³/mol. The number of aromatic hydroxyl groups is 1. The second-order valence-electron chi connectivity index (χ2n) is 4.98. The minimum atomic E-state index is -1.25. The van der Waals surface area contributed by atoms with Crippen molar-refractivity contribution < 1.29 is 59.3 Å².